The summed E-state index contributed by atoms with van der Waals surface area (Å²) >= 11 is 2.27. The molecular formula is C7H12IN3. The van der Waals surface area contributed by atoms with Gasteiger partial charge in [-0.3, -0.25) is 0 Å². The highest BCUT2D eigenvalue weighted by molar-refractivity contribution is 14.1. The van der Waals surface area contributed by atoms with E-state index in [-0.39, 0.29) is 0 Å². The molecule has 0 aromatic carbocycles. The van der Waals surface area contributed by atoms with Crippen molar-refractivity contribution in [1.82, 2.24) is 15.0 Å². The summed E-state index contributed by atoms with van der Waals surface area (Å²) < 4.78 is 2.95. The summed E-state index contributed by atoms with van der Waals surface area (Å²) in [6.45, 7) is 4.37. The Hall–Kier alpha value is -0.130. The van der Waals surface area contributed by atoms with Gasteiger partial charge in [0.2, 0.25) is 0 Å². The molecule has 0 aliphatic rings. The highest BCUT2D eigenvalue weighted by atomic mass is 127. The number of aromatic nitrogens is 3. The van der Waals surface area contributed by atoms with Crippen LogP contribution in [0.2, 0.25) is 0 Å². The molecule has 0 N–H and O–H groups in total. The van der Waals surface area contributed by atoms with E-state index in [1.165, 1.54) is 0 Å². The van der Waals surface area contributed by atoms with Crippen molar-refractivity contribution in [2.24, 2.45) is 13.0 Å². The number of rotatable bonds is 2. The third kappa shape index (κ3) is 2.15. The van der Waals surface area contributed by atoms with E-state index in [0.29, 0.717) is 5.92 Å². The molecule has 0 saturated heterocycles. The lowest BCUT2D eigenvalue weighted by Crippen LogP contribution is -1.98. The van der Waals surface area contributed by atoms with Crippen LogP contribution in [0.5, 0.6) is 0 Å². The topological polar surface area (TPSA) is 30.7 Å². The molecule has 62 valence electrons. The second-order valence-corrected chi connectivity index (χ2v) is 4.07. The van der Waals surface area contributed by atoms with Gasteiger partial charge >= 0.3 is 0 Å². The Morgan fingerprint density at radius 3 is 2.55 bits per heavy atom. The van der Waals surface area contributed by atoms with Crippen LogP contribution in [0.4, 0.5) is 0 Å². The largest absolute Gasteiger partial charge is 0.242 e. The van der Waals surface area contributed by atoms with Crippen molar-refractivity contribution in [2.75, 3.05) is 0 Å². The molecule has 0 radical (unpaired) electrons. The van der Waals surface area contributed by atoms with Crippen molar-refractivity contribution in [1.29, 1.82) is 0 Å². The highest BCUT2D eigenvalue weighted by Gasteiger charge is 2.08. The van der Waals surface area contributed by atoms with E-state index in [4.69, 9.17) is 0 Å². The summed E-state index contributed by atoms with van der Waals surface area (Å²) in [4.78, 5) is 0. The predicted octanol–water partition coefficient (Wildman–Crippen LogP) is 1.62. The minimum absolute atomic E-state index is 0.653. The zero-order valence-corrected chi connectivity index (χ0v) is 9.16. The molecule has 0 atom stereocenters. The van der Waals surface area contributed by atoms with Crippen LogP contribution < -0.4 is 0 Å². The Bertz CT molecular complexity index is 242. The molecule has 0 unspecified atom stereocenters. The predicted molar refractivity (Wildman–Crippen MR) is 52.3 cm³/mol. The Morgan fingerprint density at radius 2 is 2.18 bits per heavy atom. The van der Waals surface area contributed by atoms with Gasteiger partial charge in [0.1, 0.15) is 3.70 Å². The van der Waals surface area contributed by atoms with Crippen molar-refractivity contribution in [3.05, 3.63) is 9.39 Å². The molecule has 0 saturated carbocycles. The van der Waals surface area contributed by atoms with E-state index < -0.39 is 0 Å². The van der Waals surface area contributed by atoms with Gasteiger partial charge in [-0.25, -0.2) is 4.68 Å². The molecule has 1 rings (SSSR count). The van der Waals surface area contributed by atoms with Gasteiger partial charge in [0.15, 0.2) is 0 Å². The fraction of sp³-hybridized carbons (Fsp3) is 0.714. The van der Waals surface area contributed by atoms with Gasteiger partial charge in [0.05, 0.1) is 5.69 Å². The van der Waals surface area contributed by atoms with Crippen LogP contribution in [0.1, 0.15) is 19.5 Å². The monoisotopic (exact) mass is 265 g/mol. The van der Waals surface area contributed by atoms with E-state index >= 15 is 0 Å². The van der Waals surface area contributed by atoms with E-state index in [0.717, 1.165) is 15.8 Å². The molecule has 1 aromatic heterocycles. The van der Waals surface area contributed by atoms with Crippen molar-refractivity contribution < 1.29 is 0 Å². The van der Waals surface area contributed by atoms with Crippen LogP contribution in [0.15, 0.2) is 0 Å². The summed E-state index contributed by atoms with van der Waals surface area (Å²) in [5.74, 6) is 0.653. The van der Waals surface area contributed by atoms with E-state index in [1.807, 2.05) is 7.05 Å². The minimum Gasteiger partial charge on any atom is -0.242 e. The number of nitrogens with zero attached hydrogens (tertiary/aromatic N) is 3. The number of aryl methyl sites for hydroxylation is 1. The maximum atomic E-state index is 4.06. The molecule has 1 heterocycles. The third-order valence-electron chi connectivity index (χ3n) is 1.42. The molecule has 0 spiro atoms. The van der Waals surface area contributed by atoms with Crippen LogP contribution in [0.3, 0.4) is 0 Å². The van der Waals surface area contributed by atoms with Crippen molar-refractivity contribution in [3.63, 3.8) is 0 Å². The lowest BCUT2D eigenvalue weighted by atomic mass is 10.1. The average Bonchev–Trinajstić information content (AvgIpc) is 2.18. The average molecular weight is 265 g/mol. The number of hydrogen-bond donors (Lipinski definition) is 0. The second kappa shape index (κ2) is 3.51. The first kappa shape index (κ1) is 8.96. The molecule has 0 amide bonds. The molecule has 0 aliphatic heterocycles. The van der Waals surface area contributed by atoms with E-state index in [9.17, 15) is 0 Å². The molecule has 0 aliphatic carbocycles. The van der Waals surface area contributed by atoms with Crippen LogP contribution in [-0.2, 0) is 13.5 Å². The Balaban J connectivity index is 2.79. The van der Waals surface area contributed by atoms with Gasteiger partial charge in [0.25, 0.3) is 0 Å². The van der Waals surface area contributed by atoms with E-state index in [1.54, 1.807) is 4.68 Å². The van der Waals surface area contributed by atoms with Gasteiger partial charge in [-0.1, -0.05) is 19.1 Å². The number of halogens is 1. The van der Waals surface area contributed by atoms with Crippen molar-refractivity contribution in [2.45, 2.75) is 20.3 Å². The quantitative estimate of drug-likeness (QED) is 0.761. The summed E-state index contributed by atoms with van der Waals surface area (Å²) in [6.07, 6.45) is 1.02. The summed E-state index contributed by atoms with van der Waals surface area (Å²) in [5, 5.41) is 7.99. The lowest BCUT2D eigenvalue weighted by molar-refractivity contribution is 0.632. The fourth-order valence-electron chi connectivity index (χ4n) is 0.900. The smallest absolute Gasteiger partial charge is 0.122 e. The Labute approximate surface area is 80.3 Å². The normalized spacial score (nSPS) is 11.0. The first-order valence-corrected chi connectivity index (χ1v) is 4.73. The molecule has 0 bridgehead atoms. The first-order valence-electron chi connectivity index (χ1n) is 3.65. The SMILES string of the molecule is CC(C)Cc1nnn(C)c1I. The van der Waals surface area contributed by atoms with Gasteiger partial charge in [-0.15, -0.1) is 5.10 Å². The van der Waals surface area contributed by atoms with E-state index in [2.05, 4.69) is 46.8 Å². The first-order chi connectivity index (χ1) is 5.11. The molecule has 1 aromatic rings. The van der Waals surface area contributed by atoms with Gasteiger partial charge < -0.3 is 0 Å². The maximum absolute atomic E-state index is 4.06. The van der Waals surface area contributed by atoms with Crippen LogP contribution in [-0.4, -0.2) is 15.0 Å². The summed E-state index contributed by atoms with van der Waals surface area (Å²) in [6, 6.07) is 0. The molecule has 11 heavy (non-hydrogen) atoms. The Kier molecular flexibility index (Phi) is 2.86. The second-order valence-electron chi connectivity index (χ2n) is 3.05. The standard InChI is InChI=1S/C7H12IN3/c1-5(2)4-6-7(8)11(3)10-9-6/h5H,4H2,1-3H3. The van der Waals surface area contributed by atoms with Gasteiger partial charge in [0, 0.05) is 7.05 Å². The summed E-state index contributed by atoms with van der Waals surface area (Å²) in [7, 11) is 1.92. The van der Waals surface area contributed by atoms with Crippen LogP contribution >= 0.6 is 22.6 Å². The zero-order valence-electron chi connectivity index (χ0n) is 7.00. The minimum atomic E-state index is 0.653. The van der Waals surface area contributed by atoms with Gasteiger partial charge in [-0.2, -0.15) is 0 Å². The van der Waals surface area contributed by atoms with Crippen LogP contribution in [0.25, 0.3) is 0 Å². The summed E-state index contributed by atoms with van der Waals surface area (Å²) in [5.41, 5.74) is 1.11. The van der Waals surface area contributed by atoms with Crippen molar-refractivity contribution in [3.8, 4) is 0 Å². The van der Waals surface area contributed by atoms with Gasteiger partial charge in [-0.05, 0) is 34.9 Å². The third-order valence-corrected chi connectivity index (χ3v) is 2.74. The lowest BCUT2D eigenvalue weighted by Gasteiger charge is -1.99. The van der Waals surface area contributed by atoms with Crippen LogP contribution in [0, 0.1) is 9.62 Å². The highest BCUT2D eigenvalue weighted by Crippen LogP contribution is 2.11. The Morgan fingerprint density at radius 1 is 1.55 bits per heavy atom. The molecular weight excluding hydrogens is 253 g/mol. The zero-order chi connectivity index (χ0) is 8.43. The molecule has 0 fully saturated rings. The number of hydrogen-bond acceptors (Lipinski definition) is 2. The fourth-order valence-corrected chi connectivity index (χ4v) is 1.32. The van der Waals surface area contributed by atoms with Crippen molar-refractivity contribution >= 4 is 22.6 Å². The molecule has 3 nitrogen and oxygen atoms in total. The maximum Gasteiger partial charge on any atom is 0.122 e. The molecule has 4 heteroatoms.